The Hall–Kier alpha value is -1.04. The molecule has 80 valence electrons. The van der Waals surface area contributed by atoms with E-state index in [1.54, 1.807) is 0 Å². The fraction of sp³-hybridized carbons (Fsp3) is 0.375. The number of thiophene rings is 1. The summed E-state index contributed by atoms with van der Waals surface area (Å²) in [6, 6.07) is 0. The number of carboxylic acid groups (broad SMARTS) is 1. The van der Waals surface area contributed by atoms with Crippen LogP contribution < -0.4 is 0 Å². The molecule has 1 aromatic heterocycles. The maximum atomic E-state index is 12.0. The highest BCUT2D eigenvalue weighted by Gasteiger charge is 2.35. The van der Waals surface area contributed by atoms with Crippen LogP contribution in [0.5, 0.6) is 0 Å². The molecule has 0 atom stereocenters. The Balaban J connectivity index is 0.000000791. The van der Waals surface area contributed by atoms with Crippen molar-refractivity contribution in [1.29, 1.82) is 0 Å². The van der Waals surface area contributed by atoms with Crippen LogP contribution in [0.15, 0.2) is 10.8 Å². The highest BCUT2D eigenvalue weighted by molar-refractivity contribution is 7.08. The topological polar surface area (TPSA) is 37.3 Å². The van der Waals surface area contributed by atoms with Crippen molar-refractivity contribution < 1.29 is 23.1 Å². The maximum Gasteiger partial charge on any atom is 0.418 e. The van der Waals surface area contributed by atoms with Gasteiger partial charge in [-0.15, -0.1) is 0 Å². The summed E-state index contributed by atoms with van der Waals surface area (Å²) in [6.45, 7) is 4.00. The summed E-state index contributed by atoms with van der Waals surface area (Å²) >= 11 is 0.721. The van der Waals surface area contributed by atoms with E-state index in [1.165, 1.54) is 0 Å². The zero-order valence-corrected chi connectivity index (χ0v) is 8.37. The molecule has 0 aliphatic carbocycles. The van der Waals surface area contributed by atoms with Gasteiger partial charge in [0.05, 0.1) is 11.1 Å². The summed E-state index contributed by atoms with van der Waals surface area (Å²) in [7, 11) is 0. The largest absolute Gasteiger partial charge is 0.478 e. The maximum absolute atomic E-state index is 12.0. The average molecular weight is 226 g/mol. The molecule has 0 saturated heterocycles. The molecule has 1 N–H and O–H groups in total. The molecule has 0 fully saturated rings. The second-order valence-corrected chi connectivity index (χ2v) is 2.75. The van der Waals surface area contributed by atoms with Gasteiger partial charge in [-0.3, -0.25) is 0 Å². The molecule has 1 rings (SSSR count). The first-order valence-electron chi connectivity index (χ1n) is 3.79. The van der Waals surface area contributed by atoms with Crippen molar-refractivity contribution >= 4 is 17.3 Å². The lowest BCUT2D eigenvalue weighted by atomic mass is 10.2. The number of hydrogen-bond acceptors (Lipinski definition) is 2. The smallest absolute Gasteiger partial charge is 0.418 e. The number of aromatic carboxylic acids is 1. The molecular weight excluding hydrogens is 217 g/mol. The summed E-state index contributed by atoms with van der Waals surface area (Å²) in [4.78, 5) is 10.2. The standard InChI is InChI=1S/C6H3F3O2S.C2H6/c7-6(8,9)4-2-12-1-3(4)5(10)11;1-2/h1-2H,(H,10,11);1-2H3. The molecule has 6 heteroatoms. The monoisotopic (exact) mass is 226 g/mol. The van der Waals surface area contributed by atoms with Gasteiger partial charge in [0.25, 0.3) is 0 Å². The minimum atomic E-state index is -4.58. The van der Waals surface area contributed by atoms with Crippen LogP contribution in [0.3, 0.4) is 0 Å². The minimum absolute atomic E-state index is 0.687. The van der Waals surface area contributed by atoms with Gasteiger partial charge < -0.3 is 5.11 Å². The van der Waals surface area contributed by atoms with E-state index in [2.05, 4.69) is 0 Å². The molecule has 0 spiro atoms. The molecule has 0 amide bonds. The van der Waals surface area contributed by atoms with Crippen LogP contribution in [-0.2, 0) is 6.18 Å². The third-order valence-electron chi connectivity index (χ3n) is 1.20. The average Bonchev–Trinajstić information content (AvgIpc) is 2.54. The summed E-state index contributed by atoms with van der Waals surface area (Å²) in [5, 5.41) is 10.1. The molecule has 0 bridgehead atoms. The summed E-state index contributed by atoms with van der Waals surface area (Å²) < 4.78 is 36.0. The van der Waals surface area contributed by atoms with Crippen LogP contribution in [0.2, 0.25) is 0 Å². The summed E-state index contributed by atoms with van der Waals surface area (Å²) in [6.07, 6.45) is -4.58. The second-order valence-electron chi connectivity index (χ2n) is 2.00. The number of alkyl halides is 3. The van der Waals surface area contributed by atoms with Gasteiger partial charge in [-0.1, -0.05) is 13.8 Å². The lowest BCUT2D eigenvalue weighted by molar-refractivity contribution is -0.137. The van der Waals surface area contributed by atoms with Crippen molar-refractivity contribution in [2.24, 2.45) is 0 Å². The molecule has 2 nitrogen and oxygen atoms in total. The van der Waals surface area contributed by atoms with E-state index in [0.29, 0.717) is 0 Å². The Morgan fingerprint density at radius 3 is 2.14 bits per heavy atom. The minimum Gasteiger partial charge on any atom is -0.478 e. The number of halogens is 3. The number of carbonyl (C=O) groups is 1. The van der Waals surface area contributed by atoms with Gasteiger partial charge in [0.2, 0.25) is 0 Å². The van der Waals surface area contributed by atoms with Crippen molar-refractivity contribution in [3.8, 4) is 0 Å². The Morgan fingerprint density at radius 2 is 1.86 bits per heavy atom. The molecule has 0 aliphatic heterocycles. The molecule has 0 radical (unpaired) electrons. The first-order chi connectivity index (χ1) is 6.43. The zero-order chi connectivity index (χ0) is 11.4. The quantitative estimate of drug-likeness (QED) is 0.795. The number of rotatable bonds is 1. The van der Waals surface area contributed by atoms with Gasteiger partial charge in [0.15, 0.2) is 0 Å². The predicted octanol–water partition coefficient (Wildman–Crippen LogP) is 3.49. The Labute approximate surface area is 83.0 Å². The molecule has 0 aliphatic rings. The Morgan fingerprint density at radius 1 is 1.36 bits per heavy atom. The molecule has 0 saturated carbocycles. The van der Waals surface area contributed by atoms with E-state index >= 15 is 0 Å². The van der Waals surface area contributed by atoms with Gasteiger partial charge in [-0.05, 0) is 0 Å². The third-order valence-corrected chi connectivity index (χ3v) is 1.94. The molecule has 0 aromatic carbocycles. The molecular formula is C8H9F3O2S. The van der Waals surface area contributed by atoms with E-state index in [1.807, 2.05) is 13.8 Å². The van der Waals surface area contributed by atoms with Crippen molar-refractivity contribution in [3.63, 3.8) is 0 Å². The van der Waals surface area contributed by atoms with Crippen LogP contribution >= 0.6 is 11.3 Å². The fourth-order valence-corrected chi connectivity index (χ4v) is 1.51. The zero-order valence-electron chi connectivity index (χ0n) is 7.55. The van der Waals surface area contributed by atoms with Gasteiger partial charge in [0, 0.05) is 10.8 Å². The first-order valence-corrected chi connectivity index (χ1v) is 4.74. The van der Waals surface area contributed by atoms with Gasteiger partial charge in [-0.25, -0.2) is 4.79 Å². The lowest BCUT2D eigenvalue weighted by Crippen LogP contribution is -2.09. The van der Waals surface area contributed by atoms with E-state index in [-0.39, 0.29) is 0 Å². The third kappa shape index (κ3) is 3.02. The van der Waals surface area contributed by atoms with Crippen molar-refractivity contribution in [2.75, 3.05) is 0 Å². The summed E-state index contributed by atoms with van der Waals surface area (Å²) in [5.41, 5.74) is -1.77. The van der Waals surface area contributed by atoms with Gasteiger partial charge in [0.1, 0.15) is 0 Å². The van der Waals surface area contributed by atoms with Crippen LogP contribution in [0.25, 0.3) is 0 Å². The van der Waals surface area contributed by atoms with Crippen molar-refractivity contribution in [1.82, 2.24) is 0 Å². The van der Waals surface area contributed by atoms with E-state index in [4.69, 9.17) is 5.11 Å². The fourth-order valence-electron chi connectivity index (χ4n) is 0.682. The molecule has 1 aromatic rings. The number of hydrogen-bond donors (Lipinski definition) is 1. The van der Waals surface area contributed by atoms with E-state index < -0.39 is 23.3 Å². The van der Waals surface area contributed by atoms with Crippen LogP contribution in [-0.4, -0.2) is 11.1 Å². The van der Waals surface area contributed by atoms with Crippen molar-refractivity contribution in [2.45, 2.75) is 20.0 Å². The highest BCUT2D eigenvalue weighted by atomic mass is 32.1. The lowest BCUT2D eigenvalue weighted by Gasteiger charge is -2.03. The SMILES string of the molecule is CC.O=C(O)c1cscc1C(F)(F)F. The van der Waals surface area contributed by atoms with E-state index in [0.717, 1.165) is 22.1 Å². The summed E-state index contributed by atoms with van der Waals surface area (Å²) in [5.74, 6) is -1.55. The van der Waals surface area contributed by atoms with Crippen molar-refractivity contribution in [3.05, 3.63) is 21.9 Å². The van der Waals surface area contributed by atoms with Crippen LogP contribution in [0.4, 0.5) is 13.2 Å². The first kappa shape index (κ1) is 13.0. The predicted molar refractivity (Wildman–Crippen MR) is 47.6 cm³/mol. The van der Waals surface area contributed by atoms with Crippen LogP contribution in [0, 0.1) is 0 Å². The van der Waals surface area contributed by atoms with E-state index in [9.17, 15) is 18.0 Å². The molecule has 1 heterocycles. The van der Waals surface area contributed by atoms with Gasteiger partial charge >= 0.3 is 12.1 Å². The molecule has 14 heavy (non-hydrogen) atoms. The normalized spacial score (nSPS) is 10.4. The Bertz CT molecular complexity index is 304. The highest BCUT2D eigenvalue weighted by Crippen LogP contribution is 2.33. The molecule has 0 unspecified atom stereocenters. The van der Waals surface area contributed by atoms with Gasteiger partial charge in [-0.2, -0.15) is 24.5 Å². The Kier molecular flexibility index (Phi) is 4.62. The second kappa shape index (κ2) is 4.99. The van der Waals surface area contributed by atoms with Crippen LogP contribution in [0.1, 0.15) is 29.8 Å². The number of carboxylic acids is 1.